The van der Waals surface area contributed by atoms with Gasteiger partial charge in [-0.1, -0.05) is 12.1 Å². The fourth-order valence-electron chi connectivity index (χ4n) is 2.73. The van der Waals surface area contributed by atoms with E-state index in [0.29, 0.717) is 37.2 Å². The summed E-state index contributed by atoms with van der Waals surface area (Å²) in [5.41, 5.74) is 0.212. The summed E-state index contributed by atoms with van der Waals surface area (Å²) in [4.78, 5) is 27.1. The van der Waals surface area contributed by atoms with Crippen molar-refractivity contribution in [3.63, 3.8) is 0 Å². The molecule has 0 radical (unpaired) electrons. The van der Waals surface area contributed by atoms with E-state index in [-0.39, 0.29) is 11.2 Å². The van der Waals surface area contributed by atoms with E-state index in [1.165, 1.54) is 9.13 Å². The van der Waals surface area contributed by atoms with Gasteiger partial charge in [0.15, 0.2) is 0 Å². The molecule has 21 heavy (non-hydrogen) atoms. The number of hydrogen-bond acceptors (Lipinski definition) is 4. The number of morpholine rings is 1. The van der Waals surface area contributed by atoms with Gasteiger partial charge in [0.05, 0.1) is 24.1 Å². The quantitative estimate of drug-likeness (QED) is 0.800. The van der Waals surface area contributed by atoms with E-state index in [9.17, 15) is 9.59 Å². The second-order valence-electron chi connectivity index (χ2n) is 5.27. The van der Waals surface area contributed by atoms with E-state index in [4.69, 9.17) is 4.74 Å². The maximum absolute atomic E-state index is 12.5. The molecule has 1 aromatic heterocycles. The number of rotatable bonds is 3. The van der Waals surface area contributed by atoms with E-state index in [1.54, 1.807) is 19.2 Å². The Morgan fingerprint density at radius 2 is 1.81 bits per heavy atom. The lowest BCUT2D eigenvalue weighted by atomic mass is 10.2. The third kappa shape index (κ3) is 2.64. The number of benzene rings is 1. The Labute approximate surface area is 122 Å². The standard InChI is InChI=1S/C15H19N3O3/c1-16-13-5-3-2-4-12(13)14(19)18(15(16)20)7-6-17-8-10-21-11-9-17/h2-5H,6-11H2,1H3. The summed E-state index contributed by atoms with van der Waals surface area (Å²) in [6.45, 7) is 4.23. The molecule has 0 N–H and O–H groups in total. The van der Waals surface area contributed by atoms with Crippen LogP contribution in [0.5, 0.6) is 0 Å². The number of hydrogen-bond donors (Lipinski definition) is 0. The van der Waals surface area contributed by atoms with Gasteiger partial charge in [0.25, 0.3) is 5.56 Å². The van der Waals surface area contributed by atoms with E-state index in [1.807, 2.05) is 12.1 Å². The first-order chi connectivity index (χ1) is 10.2. The van der Waals surface area contributed by atoms with E-state index >= 15 is 0 Å². The SMILES string of the molecule is Cn1c(=O)n(CCN2CCOCC2)c(=O)c2ccccc21. The van der Waals surface area contributed by atoms with Gasteiger partial charge in [-0.25, -0.2) is 4.79 Å². The highest BCUT2D eigenvalue weighted by atomic mass is 16.5. The Morgan fingerprint density at radius 3 is 2.57 bits per heavy atom. The van der Waals surface area contributed by atoms with Gasteiger partial charge in [0.2, 0.25) is 0 Å². The minimum atomic E-state index is -0.257. The molecule has 0 unspecified atom stereocenters. The molecule has 0 atom stereocenters. The summed E-state index contributed by atoms with van der Waals surface area (Å²) in [6, 6.07) is 7.21. The van der Waals surface area contributed by atoms with Crippen molar-refractivity contribution < 1.29 is 4.74 Å². The summed E-state index contributed by atoms with van der Waals surface area (Å²) < 4.78 is 8.17. The number of nitrogens with zero attached hydrogens (tertiary/aromatic N) is 3. The zero-order chi connectivity index (χ0) is 14.8. The summed E-state index contributed by atoms with van der Waals surface area (Å²) >= 11 is 0. The zero-order valence-electron chi connectivity index (χ0n) is 12.1. The Bertz CT molecular complexity index is 757. The third-order valence-electron chi connectivity index (χ3n) is 4.00. The molecule has 1 aliphatic rings. The molecule has 1 fully saturated rings. The number of aryl methyl sites for hydroxylation is 1. The lowest BCUT2D eigenvalue weighted by molar-refractivity contribution is 0.0361. The minimum absolute atomic E-state index is 0.207. The van der Waals surface area contributed by atoms with Crippen LogP contribution in [-0.4, -0.2) is 46.9 Å². The number of ether oxygens (including phenoxy) is 1. The maximum Gasteiger partial charge on any atom is 0.331 e. The van der Waals surface area contributed by atoms with Crippen LogP contribution in [0.1, 0.15) is 0 Å². The largest absolute Gasteiger partial charge is 0.379 e. The van der Waals surface area contributed by atoms with Crippen LogP contribution < -0.4 is 11.2 Å². The summed E-state index contributed by atoms with van der Waals surface area (Å²) in [5, 5.41) is 0.585. The molecule has 3 rings (SSSR count). The van der Waals surface area contributed by atoms with Crippen molar-refractivity contribution in [3.05, 3.63) is 45.1 Å². The van der Waals surface area contributed by atoms with Crippen molar-refractivity contribution in [1.82, 2.24) is 14.0 Å². The predicted molar refractivity (Wildman–Crippen MR) is 80.7 cm³/mol. The second kappa shape index (κ2) is 5.83. The van der Waals surface area contributed by atoms with Gasteiger partial charge >= 0.3 is 5.69 Å². The van der Waals surface area contributed by atoms with Crippen LogP contribution in [0.3, 0.4) is 0 Å². The van der Waals surface area contributed by atoms with Gasteiger partial charge in [-0.05, 0) is 12.1 Å². The van der Waals surface area contributed by atoms with Crippen molar-refractivity contribution in [2.75, 3.05) is 32.8 Å². The van der Waals surface area contributed by atoms with E-state index in [2.05, 4.69) is 4.90 Å². The molecule has 0 spiro atoms. The molecule has 0 amide bonds. The molecule has 0 saturated carbocycles. The normalized spacial score (nSPS) is 16.4. The van der Waals surface area contributed by atoms with Crippen LogP contribution in [0.25, 0.3) is 10.9 Å². The fourth-order valence-corrected chi connectivity index (χ4v) is 2.73. The van der Waals surface area contributed by atoms with Gasteiger partial charge in [0, 0.05) is 33.2 Å². The van der Waals surface area contributed by atoms with Crippen LogP contribution in [0, 0.1) is 0 Å². The summed E-state index contributed by atoms with van der Waals surface area (Å²) in [7, 11) is 1.70. The average molecular weight is 289 g/mol. The molecule has 1 aliphatic heterocycles. The summed E-state index contributed by atoms with van der Waals surface area (Å²) in [6.07, 6.45) is 0. The maximum atomic E-state index is 12.5. The second-order valence-corrected chi connectivity index (χ2v) is 5.27. The lowest BCUT2D eigenvalue weighted by Crippen LogP contribution is -2.44. The first-order valence-corrected chi connectivity index (χ1v) is 7.17. The Balaban J connectivity index is 1.94. The Morgan fingerprint density at radius 1 is 1.10 bits per heavy atom. The molecule has 1 aromatic carbocycles. The molecule has 0 aliphatic carbocycles. The number of fused-ring (bicyclic) bond motifs is 1. The van der Waals surface area contributed by atoms with E-state index < -0.39 is 0 Å². The molecular weight excluding hydrogens is 270 g/mol. The number of para-hydroxylation sites is 1. The first-order valence-electron chi connectivity index (χ1n) is 7.17. The molecule has 6 heteroatoms. The molecule has 2 aromatic rings. The fraction of sp³-hybridized carbons (Fsp3) is 0.467. The van der Waals surface area contributed by atoms with Gasteiger partial charge in [-0.3, -0.25) is 18.8 Å². The van der Waals surface area contributed by atoms with Crippen molar-refractivity contribution >= 4 is 10.9 Å². The first kappa shape index (κ1) is 14.0. The van der Waals surface area contributed by atoms with Crippen molar-refractivity contribution in [3.8, 4) is 0 Å². The van der Waals surface area contributed by atoms with Crippen LogP contribution in [0.15, 0.2) is 33.9 Å². The van der Waals surface area contributed by atoms with Crippen LogP contribution in [-0.2, 0) is 18.3 Å². The number of aromatic nitrogens is 2. The summed E-state index contributed by atoms with van der Waals surface area (Å²) in [5.74, 6) is 0. The molecule has 0 bridgehead atoms. The monoisotopic (exact) mass is 289 g/mol. The zero-order valence-corrected chi connectivity index (χ0v) is 12.1. The third-order valence-corrected chi connectivity index (χ3v) is 4.00. The van der Waals surface area contributed by atoms with Crippen molar-refractivity contribution in [1.29, 1.82) is 0 Å². The topological polar surface area (TPSA) is 56.5 Å². The van der Waals surface area contributed by atoms with Crippen molar-refractivity contribution in [2.24, 2.45) is 7.05 Å². The molecule has 6 nitrogen and oxygen atoms in total. The van der Waals surface area contributed by atoms with Crippen LogP contribution in [0.2, 0.25) is 0 Å². The Kier molecular flexibility index (Phi) is 3.90. The Hall–Kier alpha value is -1.92. The van der Waals surface area contributed by atoms with Crippen LogP contribution in [0.4, 0.5) is 0 Å². The van der Waals surface area contributed by atoms with Crippen LogP contribution >= 0.6 is 0 Å². The lowest BCUT2D eigenvalue weighted by Gasteiger charge is -2.26. The highest BCUT2D eigenvalue weighted by molar-refractivity contribution is 5.77. The highest BCUT2D eigenvalue weighted by Crippen LogP contribution is 2.05. The van der Waals surface area contributed by atoms with E-state index in [0.717, 1.165) is 13.1 Å². The highest BCUT2D eigenvalue weighted by Gasteiger charge is 2.13. The van der Waals surface area contributed by atoms with Crippen molar-refractivity contribution in [2.45, 2.75) is 6.54 Å². The van der Waals surface area contributed by atoms with Gasteiger partial charge in [-0.2, -0.15) is 0 Å². The predicted octanol–water partition coefficient (Wildman–Crippen LogP) is 0.0324. The van der Waals surface area contributed by atoms with Gasteiger partial charge in [-0.15, -0.1) is 0 Å². The molecule has 2 heterocycles. The molecule has 1 saturated heterocycles. The minimum Gasteiger partial charge on any atom is -0.379 e. The molecule has 112 valence electrons. The molecular formula is C15H19N3O3. The van der Waals surface area contributed by atoms with Gasteiger partial charge < -0.3 is 4.74 Å². The average Bonchev–Trinajstić information content (AvgIpc) is 2.54. The smallest absolute Gasteiger partial charge is 0.331 e. The van der Waals surface area contributed by atoms with Gasteiger partial charge in [0.1, 0.15) is 0 Å².